The smallest absolute Gasteiger partial charge is 0.0541 e. The molecule has 4 heteroatoms. The standard InChI is InChI=1S/C59H42N4/c1-59(2)55-13-5-3-11-51(55)53-35-43(21-29-56(53)59)39-15-23-47(24-16-39)62(48-25-17-40(18-26-48)45-9-7-31-60-37-45)49-27-19-42-34-50(28-20-41(42)33-49)63-57-14-6-4-12-52(57)54-36-44(22-30-58(54)63)46-10-8-32-61-38-46/h3-38H,1-2H3. The molecule has 0 fully saturated rings. The van der Waals surface area contributed by atoms with Crippen LogP contribution < -0.4 is 4.90 Å². The molecule has 0 N–H and O–H groups in total. The van der Waals surface area contributed by atoms with Gasteiger partial charge in [0.1, 0.15) is 0 Å². The SMILES string of the molecule is CC1(C)c2ccccc2-c2cc(-c3ccc(N(c4ccc(-c5cccnc5)cc4)c4ccc5cc(-n6c7ccccc7c7cc(-c8cccnc8)ccc76)ccc5c4)cc3)ccc21. The topological polar surface area (TPSA) is 34.0 Å². The molecule has 3 heterocycles. The van der Waals surface area contributed by atoms with Crippen molar-refractivity contribution in [1.29, 1.82) is 0 Å². The summed E-state index contributed by atoms with van der Waals surface area (Å²) in [6.07, 6.45) is 7.49. The number of fused-ring (bicyclic) bond motifs is 7. The van der Waals surface area contributed by atoms with Gasteiger partial charge in [-0.25, -0.2) is 0 Å². The van der Waals surface area contributed by atoms with Gasteiger partial charge < -0.3 is 9.47 Å². The molecule has 0 atom stereocenters. The van der Waals surface area contributed by atoms with Crippen LogP contribution in [-0.2, 0) is 5.41 Å². The van der Waals surface area contributed by atoms with Gasteiger partial charge in [-0.05, 0) is 146 Å². The minimum absolute atomic E-state index is 0.0146. The van der Waals surface area contributed by atoms with Crippen molar-refractivity contribution < 1.29 is 0 Å². The summed E-state index contributed by atoms with van der Waals surface area (Å²) in [7, 11) is 0. The van der Waals surface area contributed by atoms with Gasteiger partial charge in [-0.15, -0.1) is 0 Å². The number of hydrogen-bond donors (Lipinski definition) is 0. The Kier molecular flexibility index (Phi) is 8.48. The highest BCUT2D eigenvalue weighted by atomic mass is 15.1. The van der Waals surface area contributed by atoms with E-state index in [0.29, 0.717) is 0 Å². The summed E-state index contributed by atoms with van der Waals surface area (Å²) in [6, 6.07) is 71.0. The summed E-state index contributed by atoms with van der Waals surface area (Å²) >= 11 is 0. The Bertz CT molecular complexity index is 3510. The van der Waals surface area contributed by atoms with Crippen LogP contribution in [0.15, 0.2) is 219 Å². The fourth-order valence-electron chi connectivity index (χ4n) is 9.95. The molecule has 4 nitrogen and oxygen atoms in total. The third kappa shape index (κ3) is 6.14. The highest BCUT2D eigenvalue weighted by Crippen LogP contribution is 2.50. The van der Waals surface area contributed by atoms with Gasteiger partial charge in [0, 0.05) is 69.3 Å². The normalized spacial score (nSPS) is 12.7. The van der Waals surface area contributed by atoms with Crippen molar-refractivity contribution in [2.45, 2.75) is 19.3 Å². The molecule has 0 amide bonds. The van der Waals surface area contributed by atoms with E-state index in [1.165, 1.54) is 66.0 Å². The Balaban J connectivity index is 0.932. The fourth-order valence-corrected chi connectivity index (χ4v) is 9.95. The van der Waals surface area contributed by atoms with E-state index in [0.717, 1.165) is 45.0 Å². The second-order valence-corrected chi connectivity index (χ2v) is 17.1. The lowest BCUT2D eigenvalue weighted by Gasteiger charge is -2.26. The summed E-state index contributed by atoms with van der Waals surface area (Å²) in [5, 5.41) is 4.81. The van der Waals surface area contributed by atoms with Crippen molar-refractivity contribution in [2.75, 3.05) is 4.90 Å². The van der Waals surface area contributed by atoms with Crippen LogP contribution in [0.5, 0.6) is 0 Å². The third-order valence-corrected chi connectivity index (χ3v) is 13.2. The van der Waals surface area contributed by atoms with Gasteiger partial charge in [0.05, 0.1) is 11.0 Å². The monoisotopic (exact) mass is 806 g/mol. The second kappa shape index (κ2) is 14.5. The summed E-state index contributed by atoms with van der Waals surface area (Å²) in [4.78, 5) is 11.1. The number of aromatic nitrogens is 3. The molecule has 0 unspecified atom stereocenters. The lowest BCUT2D eigenvalue weighted by molar-refractivity contribution is 0.660. The minimum atomic E-state index is -0.0146. The molecule has 1 aliphatic carbocycles. The van der Waals surface area contributed by atoms with Gasteiger partial charge in [-0.3, -0.25) is 9.97 Å². The molecule has 0 aliphatic heterocycles. The molecule has 3 aromatic heterocycles. The van der Waals surface area contributed by atoms with Crippen molar-refractivity contribution in [3.05, 3.63) is 230 Å². The Morgan fingerprint density at radius 2 is 0.968 bits per heavy atom. The van der Waals surface area contributed by atoms with Crippen LogP contribution >= 0.6 is 0 Å². The van der Waals surface area contributed by atoms with E-state index < -0.39 is 0 Å². The molecule has 63 heavy (non-hydrogen) atoms. The minimum Gasteiger partial charge on any atom is -0.310 e. The van der Waals surface area contributed by atoms with Gasteiger partial charge in [0.25, 0.3) is 0 Å². The molecule has 0 saturated carbocycles. The molecular weight excluding hydrogens is 765 g/mol. The number of anilines is 3. The van der Waals surface area contributed by atoms with Gasteiger partial charge >= 0.3 is 0 Å². The number of nitrogens with zero attached hydrogens (tertiary/aromatic N) is 4. The van der Waals surface area contributed by atoms with Crippen molar-refractivity contribution >= 4 is 49.6 Å². The number of rotatable bonds is 7. The van der Waals surface area contributed by atoms with Gasteiger partial charge in [0.15, 0.2) is 0 Å². The zero-order valence-electron chi connectivity index (χ0n) is 35.1. The summed E-state index contributed by atoms with van der Waals surface area (Å²) in [6.45, 7) is 4.67. The Labute approximate surface area is 367 Å². The Hall–Kier alpha value is -8.08. The van der Waals surface area contributed by atoms with E-state index >= 15 is 0 Å². The van der Waals surface area contributed by atoms with Crippen molar-refractivity contribution in [1.82, 2.24) is 14.5 Å². The first kappa shape index (κ1) is 36.7. The van der Waals surface area contributed by atoms with E-state index in [9.17, 15) is 0 Å². The second-order valence-electron chi connectivity index (χ2n) is 17.1. The quantitative estimate of drug-likeness (QED) is 0.161. The van der Waals surface area contributed by atoms with E-state index in [-0.39, 0.29) is 5.41 Å². The molecule has 1 aliphatic rings. The van der Waals surface area contributed by atoms with Crippen LogP contribution in [0.2, 0.25) is 0 Å². The maximum Gasteiger partial charge on any atom is 0.0541 e. The molecule has 0 radical (unpaired) electrons. The predicted octanol–water partition coefficient (Wildman–Crippen LogP) is 15.5. The van der Waals surface area contributed by atoms with Crippen molar-refractivity contribution in [3.63, 3.8) is 0 Å². The predicted molar refractivity (Wildman–Crippen MR) is 262 cm³/mol. The van der Waals surface area contributed by atoms with Crippen molar-refractivity contribution in [3.8, 4) is 50.2 Å². The largest absolute Gasteiger partial charge is 0.310 e. The van der Waals surface area contributed by atoms with Crippen LogP contribution in [0.1, 0.15) is 25.0 Å². The first-order valence-electron chi connectivity index (χ1n) is 21.6. The zero-order chi connectivity index (χ0) is 42.1. The van der Waals surface area contributed by atoms with Gasteiger partial charge in [0.2, 0.25) is 0 Å². The Morgan fingerprint density at radius 3 is 1.71 bits per heavy atom. The fraction of sp³-hybridized carbons (Fsp3) is 0.0508. The molecular formula is C59H42N4. The number of pyridine rings is 2. The van der Waals surface area contributed by atoms with Crippen LogP contribution in [-0.4, -0.2) is 14.5 Å². The van der Waals surface area contributed by atoms with Crippen LogP contribution in [0.25, 0.3) is 82.8 Å². The van der Waals surface area contributed by atoms with Crippen molar-refractivity contribution in [2.24, 2.45) is 0 Å². The number of para-hydroxylation sites is 1. The Morgan fingerprint density at radius 1 is 0.397 bits per heavy atom. The van der Waals surface area contributed by atoms with Gasteiger partial charge in [-0.2, -0.15) is 0 Å². The highest BCUT2D eigenvalue weighted by molar-refractivity contribution is 6.10. The molecule has 0 spiro atoms. The zero-order valence-corrected chi connectivity index (χ0v) is 35.1. The molecule has 8 aromatic carbocycles. The lowest BCUT2D eigenvalue weighted by atomic mass is 9.82. The first-order valence-corrected chi connectivity index (χ1v) is 21.6. The van der Waals surface area contributed by atoms with Gasteiger partial charge in [-0.1, -0.05) is 123 Å². The highest BCUT2D eigenvalue weighted by Gasteiger charge is 2.35. The molecule has 0 bridgehead atoms. The summed E-state index contributed by atoms with van der Waals surface area (Å²) in [5.74, 6) is 0. The average molecular weight is 807 g/mol. The van der Waals surface area contributed by atoms with E-state index in [1.807, 2.05) is 36.9 Å². The maximum absolute atomic E-state index is 4.37. The molecule has 12 rings (SSSR count). The maximum atomic E-state index is 4.37. The molecule has 298 valence electrons. The summed E-state index contributed by atoms with van der Waals surface area (Å²) < 4.78 is 2.39. The first-order chi connectivity index (χ1) is 31.0. The van der Waals surface area contributed by atoms with Crippen LogP contribution in [0.4, 0.5) is 17.1 Å². The number of benzene rings is 8. The average Bonchev–Trinajstić information content (AvgIpc) is 3.80. The lowest BCUT2D eigenvalue weighted by Crippen LogP contribution is -2.14. The number of hydrogen-bond acceptors (Lipinski definition) is 3. The van der Waals surface area contributed by atoms with Crippen LogP contribution in [0, 0.1) is 0 Å². The van der Waals surface area contributed by atoms with E-state index in [2.05, 4.69) is 215 Å². The summed E-state index contributed by atoms with van der Waals surface area (Å²) in [5.41, 5.74) is 19.1. The van der Waals surface area contributed by atoms with E-state index in [1.54, 1.807) is 0 Å². The third-order valence-electron chi connectivity index (χ3n) is 13.2. The molecule has 0 saturated heterocycles. The van der Waals surface area contributed by atoms with E-state index in [4.69, 9.17) is 0 Å². The van der Waals surface area contributed by atoms with Crippen LogP contribution in [0.3, 0.4) is 0 Å². The molecule has 11 aromatic rings.